The van der Waals surface area contributed by atoms with Crippen LogP contribution in [0.25, 0.3) is 0 Å². The van der Waals surface area contributed by atoms with E-state index in [1.807, 2.05) is 37.6 Å². The van der Waals surface area contributed by atoms with Crippen molar-refractivity contribution in [1.82, 2.24) is 14.8 Å². The molecule has 0 fully saturated rings. The van der Waals surface area contributed by atoms with E-state index in [0.29, 0.717) is 28.2 Å². The van der Waals surface area contributed by atoms with Crippen LogP contribution < -0.4 is 10.1 Å². The summed E-state index contributed by atoms with van der Waals surface area (Å²) in [5.74, 6) is 1.56. The Labute approximate surface area is 208 Å². The SMILES string of the molecule is Cc1ccc(C)c(OCc2nnc(SCC(=O)Nc3sc4c(c3C#N)CCCCCC4)n2C)c1. The molecule has 1 amide bonds. The minimum Gasteiger partial charge on any atom is -0.485 e. The zero-order chi connectivity index (χ0) is 24.1. The Balaban J connectivity index is 1.36. The Morgan fingerprint density at radius 3 is 2.82 bits per heavy atom. The van der Waals surface area contributed by atoms with E-state index in [1.165, 1.54) is 29.5 Å². The normalized spacial score (nSPS) is 13.5. The second-order valence-electron chi connectivity index (χ2n) is 8.59. The lowest BCUT2D eigenvalue weighted by Gasteiger charge is -2.10. The van der Waals surface area contributed by atoms with Crippen LogP contribution in [-0.2, 0) is 31.3 Å². The number of aromatic nitrogens is 3. The van der Waals surface area contributed by atoms with Gasteiger partial charge in [-0.3, -0.25) is 4.79 Å². The van der Waals surface area contributed by atoms with Crippen molar-refractivity contribution in [1.29, 1.82) is 5.26 Å². The highest BCUT2D eigenvalue weighted by Gasteiger charge is 2.21. The predicted octanol–water partition coefficient (Wildman–Crippen LogP) is 5.33. The van der Waals surface area contributed by atoms with Crippen LogP contribution in [0.2, 0.25) is 0 Å². The van der Waals surface area contributed by atoms with Gasteiger partial charge < -0.3 is 14.6 Å². The van der Waals surface area contributed by atoms with E-state index in [0.717, 1.165) is 48.1 Å². The van der Waals surface area contributed by atoms with Crippen LogP contribution in [0.5, 0.6) is 5.75 Å². The lowest BCUT2D eigenvalue weighted by molar-refractivity contribution is -0.113. The van der Waals surface area contributed by atoms with Gasteiger partial charge in [0.05, 0.1) is 11.3 Å². The zero-order valence-electron chi connectivity index (χ0n) is 19.8. The molecule has 0 aliphatic heterocycles. The summed E-state index contributed by atoms with van der Waals surface area (Å²) in [5.41, 5.74) is 3.98. The first-order valence-electron chi connectivity index (χ1n) is 11.5. The highest BCUT2D eigenvalue weighted by molar-refractivity contribution is 7.99. The Hall–Kier alpha value is -2.83. The highest BCUT2D eigenvalue weighted by Crippen LogP contribution is 2.36. The fraction of sp³-hybridized carbons (Fsp3) is 0.440. The summed E-state index contributed by atoms with van der Waals surface area (Å²) in [6, 6.07) is 8.42. The molecule has 2 aromatic heterocycles. The number of rotatable bonds is 7. The Bertz CT molecular complexity index is 1220. The summed E-state index contributed by atoms with van der Waals surface area (Å²) in [4.78, 5) is 13.9. The molecule has 1 aromatic carbocycles. The molecule has 178 valence electrons. The molecule has 9 heteroatoms. The highest BCUT2D eigenvalue weighted by atomic mass is 32.2. The van der Waals surface area contributed by atoms with Crippen LogP contribution in [0.15, 0.2) is 23.4 Å². The van der Waals surface area contributed by atoms with Crippen LogP contribution in [0.4, 0.5) is 5.00 Å². The van der Waals surface area contributed by atoms with E-state index in [-0.39, 0.29) is 11.7 Å². The number of nitrogens with zero attached hydrogens (tertiary/aromatic N) is 4. The summed E-state index contributed by atoms with van der Waals surface area (Å²) in [6.45, 7) is 4.34. The van der Waals surface area contributed by atoms with Crippen molar-refractivity contribution >= 4 is 34.0 Å². The molecule has 0 atom stereocenters. The van der Waals surface area contributed by atoms with Gasteiger partial charge in [0, 0.05) is 11.9 Å². The van der Waals surface area contributed by atoms with Gasteiger partial charge in [0.2, 0.25) is 5.91 Å². The number of carbonyl (C=O) groups excluding carboxylic acids is 1. The lowest BCUT2D eigenvalue weighted by atomic mass is 9.97. The maximum Gasteiger partial charge on any atom is 0.235 e. The van der Waals surface area contributed by atoms with Crippen LogP contribution in [-0.4, -0.2) is 26.4 Å². The molecule has 1 N–H and O–H groups in total. The number of thiophene rings is 1. The summed E-state index contributed by atoms with van der Waals surface area (Å²) in [7, 11) is 1.87. The van der Waals surface area contributed by atoms with Crippen LogP contribution in [0.3, 0.4) is 0 Å². The van der Waals surface area contributed by atoms with Gasteiger partial charge in [0.15, 0.2) is 11.0 Å². The number of carbonyl (C=O) groups is 1. The maximum absolute atomic E-state index is 12.7. The molecule has 4 rings (SSSR count). The summed E-state index contributed by atoms with van der Waals surface area (Å²) in [6.07, 6.45) is 6.59. The molecule has 1 aliphatic carbocycles. The standard InChI is InChI=1S/C25H29N5O2S2/c1-16-10-11-17(2)20(12-16)32-14-22-28-29-25(30(22)3)33-15-23(31)27-24-19(13-26)18-8-6-4-5-7-9-21(18)34-24/h10-12H,4-9,14-15H2,1-3H3,(H,27,31). The van der Waals surface area contributed by atoms with Crippen molar-refractivity contribution < 1.29 is 9.53 Å². The van der Waals surface area contributed by atoms with E-state index < -0.39 is 0 Å². The van der Waals surface area contributed by atoms with E-state index in [9.17, 15) is 10.1 Å². The van der Waals surface area contributed by atoms with Gasteiger partial charge >= 0.3 is 0 Å². The Morgan fingerprint density at radius 2 is 2.03 bits per heavy atom. The van der Waals surface area contributed by atoms with Crippen molar-refractivity contribution in [3.8, 4) is 11.8 Å². The molecular weight excluding hydrogens is 466 g/mol. The number of aryl methyl sites for hydroxylation is 3. The number of thioether (sulfide) groups is 1. The average Bonchev–Trinajstić information content (AvgIpc) is 3.31. The second-order valence-corrected chi connectivity index (χ2v) is 10.6. The van der Waals surface area contributed by atoms with E-state index >= 15 is 0 Å². The fourth-order valence-electron chi connectivity index (χ4n) is 4.02. The van der Waals surface area contributed by atoms with Gasteiger partial charge in [-0.05, 0) is 62.3 Å². The molecule has 0 radical (unpaired) electrons. The first kappa shape index (κ1) is 24.3. The number of hydrogen-bond donors (Lipinski definition) is 1. The van der Waals surface area contributed by atoms with Crippen LogP contribution >= 0.6 is 23.1 Å². The third kappa shape index (κ3) is 5.62. The Kier molecular flexibility index (Phi) is 7.91. The minimum absolute atomic E-state index is 0.146. The molecular formula is C25H29N5O2S2. The first-order valence-corrected chi connectivity index (χ1v) is 13.3. The van der Waals surface area contributed by atoms with Gasteiger partial charge in [0.1, 0.15) is 23.4 Å². The lowest BCUT2D eigenvalue weighted by Crippen LogP contribution is -2.14. The number of nitriles is 1. The van der Waals surface area contributed by atoms with E-state index in [4.69, 9.17) is 4.74 Å². The largest absolute Gasteiger partial charge is 0.485 e. The molecule has 0 unspecified atom stereocenters. The molecule has 3 aromatic rings. The number of benzene rings is 1. The quantitative estimate of drug-likeness (QED) is 0.445. The average molecular weight is 496 g/mol. The number of fused-ring (bicyclic) bond motifs is 1. The molecule has 7 nitrogen and oxygen atoms in total. The third-order valence-corrected chi connectivity index (χ3v) is 8.22. The number of anilines is 1. The summed E-state index contributed by atoms with van der Waals surface area (Å²) < 4.78 is 7.79. The first-order chi connectivity index (χ1) is 16.5. The smallest absolute Gasteiger partial charge is 0.235 e. The van der Waals surface area contributed by atoms with Crippen LogP contribution in [0.1, 0.15) is 58.6 Å². The topological polar surface area (TPSA) is 92.8 Å². The number of amides is 1. The molecule has 1 aliphatic rings. The van der Waals surface area contributed by atoms with Crippen molar-refractivity contribution in [3.05, 3.63) is 51.2 Å². The third-order valence-electron chi connectivity index (χ3n) is 5.99. The van der Waals surface area contributed by atoms with Gasteiger partial charge in [0.25, 0.3) is 0 Å². The van der Waals surface area contributed by atoms with Gasteiger partial charge in [-0.2, -0.15) is 5.26 Å². The van der Waals surface area contributed by atoms with E-state index in [2.05, 4.69) is 27.6 Å². The molecule has 0 bridgehead atoms. The van der Waals surface area contributed by atoms with Crippen molar-refractivity contribution in [2.24, 2.45) is 7.05 Å². The molecule has 0 saturated heterocycles. The van der Waals surface area contributed by atoms with Gasteiger partial charge in [-0.1, -0.05) is 36.7 Å². The van der Waals surface area contributed by atoms with E-state index in [1.54, 1.807) is 11.3 Å². The monoisotopic (exact) mass is 495 g/mol. The molecule has 2 heterocycles. The van der Waals surface area contributed by atoms with Crippen molar-refractivity contribution in [3.63, 3.8) is 0 Å². The number of hydrogen-bond acceptors (Lipinski definition) is 7. The molecule has 34 heavy (non-hydrogen) atoms. The van der Waals surface area contributed by atoms with Crippen LogP contribution in [0, 0.1) is 25.2 Å². The zero-order valence-corrected chi connectivity index (χ0v) is 21.4. The molecule has 0 saturated carbocycles. The minimum atomic E-state index is -0.146. The summed E-state index contributed by atoms with van der Waals surface area (Å²) >= 11 is 2.88. The van der Waals surface area contributed by atoms with Crippen molar-refractivity contribution in [2.45, 2.75) is 64.1 Å². The van der Waals surface area contributed by atoms with Gasteiger partial charge in [-0.15, -0.1) is 21.5 Å². The fourth-order valence-corrected chi connectivity index (χ4v) is 6.01. The predicted molar refractivity (Wildman–Crippen MR) is 136 cm³/mol. The van der Waals surface area contributed by atoms with Gasteiger partial charge in [-0.25, -0.2) is 0 Å². The second kappa shape index (κ2) is 11.1. The van der Waals surface area contributed by atoms with Crippen molar-refractivity contribution in [2.75, 3.05) is 11.1 Å². The molecule has 0 spiro atoms. The maximum atomic E-state index is 12.7. The Morgan fingerprint density at radius 1 is 1.24 bits per heavy atom. The summed E-state index contributed by atoms with van der Waals surface area (Å²) in [5, 5.41) is 22.5. The number of ether oxygens (including phenoxy) is 1. The number of nitrogens with one attached hydrogen (secondary N) is 1.